The Bertz CT molecular complexity index is 204. The average molecular weight is 222 g/mol. The van der Waals surface area contributed by atoms with Gasteiger partial charge in [0.2, 0.25) is 0 Å². The summed E-state index contributed by atoms with van der Waals surface area (Å²) in [5, 5.41) is 0. The quantitative estimate of drug-likeness (QED) is 0.576. The topological polar surface area (TPSA) is 0 Å². The molecule has 1 saturated carbocycles. The molecule has 0 saturated heterocycles. The maximum atomic E-state index is 3.74. The maximum absolute atomic E-state index is 3.74. The van der Waals surface area contributed by atoms with Crippen molar-refractivity contribution in [1.29, 1.82) is 0 Å². The van der Waals surface area contributed by atoms with Crippen LogP contribution in [0.15, 0.2) is 0 Å². The van der Waals surface area contributed by atoms with Crippen LogP contribution in [0.1, 0.15) is 79.6 Å². The van der Waals surface area contributed by atoms with Gasteiger partial charge in [-0.05, 0) is 48.9 Å². The molecule has 1 fully saturated rings. The molecule has 16 heavy (non-hydrogen) atoms. The van der Waals surface area contributed by atoms with E-state index >= 15 is 0 Å². The fraction of sp³-hybridized carbons (Fsp3) is 0.938. The summed E-state index contributed by atoms with van der Waals surface area (Å²) in [5.41, 5.74) is 0.787. The van der Waals surface area contributed by atoms with E-state index in [1.807, 2.05) is 0 Å². The number of rotatable bonds is 5. The van der Waals surface area contributed by atoms with Crippen LogP contribution in [0.4, 0.5) is 0 Å². The molecule has 0 aliphatic heterocycles. The molecule has 0 heteroatoms. The summed E-state index contributed by atoms with van der Waals surface area (Å²) >= 11 is 0. The van der Waals surface area contributed by atoms with Crippen LogP contribution in [0.3, 0.4) is 0 Å². The van der Waals surface area contributed by atoms with E-state index in [0.717, 1.165) is 5.92 Å². The van der Waals surface area contributed by atoms with E-state index in [-0.39, 0.29) is 0 Å². The Hall–Kier alpha value is 0. The normalized spacial score (nSPS) is 33.9. The van der Waals surface area contributed by atoms with E-state index in [4.69, 9.17) is 0 Å². The van der Waals surface area contributed by atoms with Gasteiger partial charge in [0.1, 0.15) is 0 Å². The zero-order valence-corrected chi connectivity index (χ0v) is 12.0. The molecule has 0 aromatic heterocycles. The van der Waals surface area contributed by atoms with Gasteiger partial charge in [-0.3, -0.25) is 0 Å². The first-order chi connectivity index (χ1) is 7.48. The Morgan fingerprint density at radius 1 is 1.12 bits per heavy atom. The molecule has 2 radical (unpaired) electrons. The summed E-state index contributed by atoms with van der Waals surface area (Å²) in [5.74, 6) is 0.920. The predicted molar refractivity (Wildman–Crippen MR) is 72.3 cm³/mol. The molecule has 94 valence electrons. The molecule has 0 spiro atoms. The maximum Gasteiger partial charge on any atom is -0.0106 e. The molecular weight excluding hydrogens is 192 g/mol. The molecule has 1 aliphatic carbocycles. The first-order valence-corrected chi connectivity index (χ1v) is 7.23. The summed E-state index contributed by atoms with van der Waals surface area (Å²) in [4.78, 5) is 0. The van der Waals surface area contributed by atoms with Crippen molar-refractivity contribution >= 4 is 0 Å². The van der Waals surface area contributed by atoms with Crippen molar-refractivity contribution in [2.24, 2.45) is 16.7 Å². The zero-order valence-electron chi connectivity index (χ0n) is 12.0. The van der Waals surface area contributed by atoms with Crippen molar-refractivity contribution in [1.82, 2.24) is 0 Å². The van der Waals surface area contributed by atoms with E-state index in [0.29, 0.717) is 10.8 Å². The standard InChI is InChI=1S/C16H30/c1-6-8-10-14-11-9-13-15(3,4)16(14,5)12-7-2/h14H,6-12H2,1-5H3. The van der Waals surface area contributed by atoms with Crippen LogP contribution < -0.4 is 0 Å². The molecule has 1 aliphatic rings. The number of hydrogen-bond acceptors (Lipinski definition) is 0. The Labute approximate surface area is 103 Å². The number of unbranched alkanes of at least 4 members (excludes halogenated alkanes) is 1. The van der Waals surface area contributed by atoms with Gasteiger partial charge in [0, 0.05) is 0 Å². The lowest BCUT2D eigenvalue weighted by molar-refractivity contribution is -0.00289. The van der Waals surface area contributed by atoms with E-state index in [1.165, 1.54) is 44.9 Å². The van der Waals surface area contributed by atoms with E-state index in [2.05, 4.69) is 41.0 Å². The molecule has 0 aromatic rings. The van der Waals surface area contributed by atoms with Crippen LogP contribution in [0.25, 0.3) is 0 Å². The Morgan fingerprint density at radius 3 is 2.38 bits per heavy atom. The van der Waals surface area contributed by atoms with Crippen molar-refractivity contribution in [3.63, 3.8) is 0 Å². The molecule has 0 amide bonds. The van der Waals surface area contributed by atoms with E-state index in [1.54, 1.807) is 0 Å². The Morgan fingerprint density at radius 2 is 1.81 bits per heavy atom. The highest BCUT2D eigenvalue weighted by Gasteiger charge is 2.47. The van der Waals surface area contributed by atoms with Gasteiger partial charge < -0.3 is 0 Å². The van der Waals surface area contributed by atoms with Crippen LogP contribution in [0, 0.1) is 23.2 Å². The van der Waals surface area contributed by atoms with Crippen molar-refractivity contribution in [3.05, 3.63) is 6.42 Å². The van der Waals surface area contributed by atoms with Gasteiger partial charge in [0.25, 0.3) is 0 Å². The molecular formula is C16H30. The lowest BCUT2D eigenvalue weighted by Crippen LogP contribution is -2.45. The summed E-state index contributed by atoms with van der Waals surface area (Å²) in [7, 11) is 0. The van der Waals surface area contributed by atoms with Gasteiger partial charge in [-0.2, -0.15) is 0 Å². The molecule has 2 atom stereocenters. The molecule has 0 nitrogen and oxygen atoms in total. The molecule has 2 unspecified atom stereocenters. The fourth-order valence-corrected chi connectivity index (χ4v) is 3.54. The molecule has 0 heterocycles. The summed E-state index contributed by atoms with van der Waals surface area (Å²) in [6.07, 6.45) is 13.2. The van der Waals surface area contributed by atoms with Crippen LogP contribution >= 0.6 is 0 Å². The summed E-state index contributed by atoms with van der Waals surface area (Å²) in [6, 6.07) is 0. The second kappa shape index (κ2) is 5.56. The van der Waals surface area contributed by atoms with E-state index in [9.17, 15) is 0 Å². The lowest BCUT2D eigenvalue weighted by Gasteiger charge is -2.53. The van der Waals surface area contributed by atoms with Crippen molar-refractivity contribution in [2.45, 2.75) is 79.6 Å². The minimum Gasteiger partial charge on any atom is -0.0654 e. The first kappa shape index (κ1) is 14.1. The third-order valence-corrected chi connectivity index (χ3v) is 5.06. The summed E-state index contributed by atoms with van der Waals surface area (Å²) < 4.78 is 0. The van der Waals surface area contributed by atoms with Crippen LogP contribution in [-0.2, 0) is 0 Å². The zero-order chi connectivity index (χ0) is 12.2. The van der Waals surface area contributed by atoms with Gasteiger partial charge in [-0.1, -0.05) is 53.9 Å². The highest BCUT2D eigenvalue weighted by atomic mass is 14.5. The van der Waals surface area contributed by atoms with Crippen molar-refractivity contribution in [3.8, 4) is 0 Å². The van der Waals surface area contributed by atoms with Gasteiger partial charge >= 0.3 is 0 Å². The minimum atomic E-state index is 0.305. The Balaban J connectivity index is 2.79. The van der Waals surface area contributed by atoms with Gasteiger partial charge in [-0.15, -0.1) is 0 Å². The lowest BCUT2D eigenvalue weighted by atomic mass is 9.51. The van der Waals surface area contributed by atoms with Gasteiger partial charge in [0.15, 0.2) is 0 Å². The number of hydrogen-bond donors (Lipinski definition) is 0. The molecule has 0 aromatic carbocycles. The fourth-order valence-electron chi connectivity index (χ4n) is 3.54. The predicted octanol–water partition coefficient (Wildman–Crippen LogP) is 5.50. The average Bonchev–Trinajstić information content (AvgIpc) is 2.21. The van der Waals surface area contributed by atoms with Crippen molar-refractivity contribution < 1.29 is 0 Å². The Kier molecular flexibility index (Phi) is 4.88. The van der Waals surface area contributed by atoms with E-state index < -0.39 is 0 Å². The van der Waals surface area contributed by atoms with Crippen LogP contribution in [0.5, 0.6) is 0 Å². The molecule has 0 bridgehead atoms. The second-order valence-electron chi connectivity index (χ2n) is 6.35. The minimum absolute atomic E-state index is 0.305. The largest absolute Gasteiger partial charge is 0.0654 e. The van der Waals surface area contributed by atoms with Gasteiger partial charge in [0.05, 0.1) is 0 Å². The third kappa shape index (κ3) is 2.63. The second-order valence-corrected chi connectivity index (χ2v) is 6.35. The highest BCUT2D eigenvalue weighted by molar-refractivity contribution is 5.05. The smallest absolute Gasteiger partial charge is 0.0106 e. The third-order valence-electron chi connectivity index (χ3n) is 5.06. The molecule has 1 rings (SSSR count). The SMILES string of the molecule is CCCCC1CC[C]C(C)(C)C1(C)CCC. The van der Waals surface area contributed by atoms with Crippen molar-refractivity contribution in [2.75, 3.05) is 0 Å². The van der Waals surface area contributed by atoms with Gasteiger partial charge in [-0.25, -0.2) is 0 Å². The van der Waals surface area contributed by atoms with Crippen LogP contribution in [0.2, 0.25) is 0 Å². The monoisotopic (exact) mass is 222 g/mol. The first-order valence-electron chi connectivity index (χ1n) is 7.23. The molecule has 0 N–H and O–H groups in total. The van der Waals surface area contributed by atoms with Crippen LogP contribution in [-0.4, -0.2) is 0 Å². The highest BCUT2D eigenvalue weighted by Crippen LogP contribution is 2.56. The summed E-state index contributed by atoms with van der Waals surface area (Å²) in [6.45, 7) is 12.0.